The molecule has 4 fully saturated rings. The van der Waals surface area contributed by atoms with Crippen LogP contribution in [0.15, 0.2) is 29.2 Å². The molecule has 0 radical (unpaired) electrons. The first-order valence-electron chi connectivity index (χ1n) is 10.5. The number of ether oxygens (including phenoxy) is 1. The lowest BCUT2D eigenvalue weighted by atomic mass is 9.61. The lowest BCUT2D eigenvalue weighted by molar-refractivity contribution is -0.142. The Balaban J connectivity index is 1.10. The molecule has 1 aromatic rings. The molecule has 3 saturated heterocycles. The van der Waals surface area contributed by atoms with Gasteiger partial charge in [0.1, 0.15) is 6.61 Å². The molecule has 1 aromatic carbocycles. The zero-order valence-electron chi connectivity index (χ0n) is 17.5. The summed E-state index contributed by atoms with van der Waals surface area (Å²) >= 11 is 0. The number of nitrogens with zero attached hydrogens (tertiary/aromatic N) is 2. The van der Waals surface area contributed by atoms with Crippen LogP contribution in [-0.4, -0.2) is 81.1 Å². The number of hydrogen-bond donors (Lipinski definition) is 2. The summed E-state index contributed by atoms with van der Waals surface area (Å²) in [5, 5.41) is 2.88. The highest BCUT2D eigenvalue weighted by molar-refractivity contribution is 7.89. The fourth-order valence-corrected chi connectivity index (χ4v) is 6.53. The minimum absolute atomic E-state index is 0.0308. The Morgan fingerprint density at radius 2 is 1.82 bits per heavy atom. The van der Waals surface area contributed by atoms with Gasteiger partial charge in [-0.1, -0.05) is 6.07 Å². The first-order valence-corrected chi connectivity index (χ1v) is 12.0. The smallest absolute Gasteiger partial charge is 0.369 e. The Morgan fingerprint density at radius 3 is 2.45 bits per heavy atom. The summed E-state index contributed by atoms with van der Waals surface area (Å²) in [6.07, 6.45) is -3.59. The van der Waals surface area contributed by atoms with Crippen molar-refractivity contribution >= 4 is 22.0 Å². The molecule has 0 atom stereocenters. The van der Waals surface area contributed by atoms with Gasteiger partial charge in [0.15, 0.2) is 0 Å². The molecule has 1 aliphatic carbocycles. The van der Waals surface area contributed by atoms with Crippen LogP contribution in [0.5, 0.6) is 0 Å². The lowest BCUT2D eigenvalue weighted by Crippen LogP contribution is -2.78. The summed E-state index contributed by atoms with van der Waals surface area (Å²) in [7, 11) is -4.08. The zero-order chi connectivity index (χ0) is 23.6. The first kappa shape index (κ1) is 22.4. The second-order valence-electron chi connectivity index (χ2n) is 9.57. The Labute approximate surface area is 188 Å². The normalized spacial score (nSPS) is 24.2. The van der Waals surface area contributed by atoms with Gasteiger partial charge in [0.25, 0.3) is 0 Å². The van der Waals surface area contributed by atoms with Gasteiger partial charge in [-0.25, -0.2) is 17.9 Å². The fraction of sp³-hybridized carbons (Fsp3) is 0.600. The summed E-state index contributed by atoms with van der Waals surface area (Å²) in [5.74, 6) is -0.190. The van der Waals surface area contributed by atoms with E-state index >= 15 is 0 Å². The summed E-state index contributed by atoms with van der Waals surface area (Å²) in [4.78, 5) is 27.1. The highest BCUT2D eigenvalue weighted by Crippen LogP contribution is 2.49. The number of benzene rings is 1. The van der Waals surface area contributed by atoms with E-state index < -0.39 is 32.2 Å². The van der Waals surface area contributed by atoms with E-state index in [1.54, 1.807) is 9.80 Å². The van der Waals surface area contributed by atoms with Crippen LogP contribution in [0.25, 0.3) is 0 Å². The molecule has 180 valence electrons. The summed E-state index contributed by atoms with van der Waals surface area (Å²) in [6, 6.07) is 3.14. The number of amides is 3. The highest BCUT2D eigenvalue weighted by atomic mass is 32.2. The molecule has 3 amide bonds. The number of rotatable bonds is 3. The van der Waals surface area contributed by atoms with Crippen LogP contribution in [0.3, 0.4) is 0 Å². The number of morpholine rings is 1. The van der Waals surface area contributed by atoms with Crippen molar-refractivity contribution in [1.29, 1.82) is 0 Å². The topological polar surface area (TPSA) is 108 Å². The van der Waals surface area contributed by atoms with Crippen molar-refractivity contribution in [2.75, 3.05) is 39.4 Å². The number of carbonyl (C=O) groups is 2. The number of nitrogens with one attached hydrogen (secondary N) is 2. The molecule has 9 nitrogen and oxygen atoms in total. The third kappa shape index (κ3) is 4.06. The highest BCUT2D eigenvalue weighted by Gasteiger charge is 2.57. The van der Waals surface area contributed by atoms with Crippen LogP contribution in [0.2, 0.25) is 0 Å². The summed E-state index contributed by atoms with van der Waals surface area (Å²) < 4.78 is 71.4. The van der Waals surface area contributed by atoms with E-state index in [2.05, 4.69) is 10.0 Å². The SMILES string of the molecule is O=C1COCC2(CN(C(=O)N3CC4(CC(NS(=O)(=O)c5cccc(C(F)(F)F)c5)C4)C3)C2)N1. The van der Waals surface area contributed by atoms with Gasteiger partial charge in [-0.3, -0.25) is 4.79 Å². The fourth-order valence-electron chi connectivity index (χ4n) is 5.25. The third-order valence-electron chi connectivity index (χ3n) is 6.75. The number of sulfonamides is 1. The molecular weight excluding hydrogens is 465 g/mol. The van der Waals surface area contributed by atoms with Crippen molar-refractivity contribution < 1.29 is 35.9 Å². The summed E-state index contributed by atoms with van der Waals surface area (Å²) in [6.45, 7) is 2.18. The molecule has 33 heavy (non-hydrogen) atoms. The molecule has 13 heteroatoms. The number of hydrogen-bond acceptors (Lipinski definition) is 5. The summed E-state index contributed by atoms with van der Waals surface area (Å²) in [5.41, 5.74) is -1.69. The molecule has 0 unspecified atom stereocenters. The maximum Gasteiger partial charge on any atom is 0.416 e. The molecule has 3 heterocycles. The predicted molar refractivity (Wildman–Crippen MR) is 107 cm³/mol. The van der Waals surface area contributed by atoms with Crippen LogP contribution in [0.4, 0.5) is 18.0 Å². The van der Waals surface area contributed by atoms with E-state index in [-0.39, 0.29) is 30.0 Å². The average Bonchev–Trinajstić information content (AvgIpc) is 2.65. The standard InChI is InChI=1S/C20H23F3N4O5S/c21-20(22,23)13-2-1-3-15(4-13)33(30,31)25-14-5-18(6-14)8-26(9-18)17(29)27-10-19(11-27)12-32-7-16(28)24-19/h1-4,14,25H,5-12H2,(H,24,28). The van der Waals surface area contributed by atoms with Crippen molar-refractivity contribution in [3.8, 4) is 0 Å². The van der Waals surface area contributed by atoms with Crippen LogP contribution in [-0.2, 0) is 25.7 Å². The van der Waals surface area contributed by atoms with E-state index in [1.807, 2.05) is 0 Å². The predicted octanol–water partition coefficient (Wildman–Crippen LogP) is 0.769. The number of likely N-dealkylation sites (tertiary alicyclic amines) is 2. The van der Waals surface area contributed by atoms with Gasteiger partial charge >= 0.3 is 12.2 Å². The van der Waals surface area contributed by atoms with Crippen LogP contribution in [0.1, 0.15) is 18.4 Å². The van der Waals surface area contributed by atoms with Gasteiger partial charge in [0.05, 0.1) is 22.6 Å². The monoisotopic (exact) mass is 488 g/mol. The Morgan fingerprint density at radius 1 is 1.15 bits per heavy atom. The number of carbonyl (C=O) groups excluding carboxylic acids is 2. The number of halogens is 3. The van der Waals surface area contributed by atoms with Gasteiger partial charge in [-0.2, -0.15) is 13.2 Å². The van der Waals surface area contributed by atoms with Gasteiger partial charge in [-0.15, -0.1) is 0 Å². The van der Waals surface area contributed by atoms with E-state index in [0.29, 0.717) is 51.7 Å². The molecule has 4 aliphatic rings. The van der Waals surface area contributed by atoms with Crippen molar-refractivity contribution in [2.24, 2.45) is 5.41 Å². The van der Waals surface area contributed by atoms with Crippen LogP contribution in [0, 0.1) is 5.41 Å². The molecule has 1 saturated carbocycles. The van der Waals surface area contributed by atoms with Crippen LogP contribution < -0.4 is 10.0 Å². The Hall–Kier alpha value is -2.38. The number of alkyl halides is 3. The minimum Gasteiger partial charge on any atom is -0.369 e. The molecule has 3 aliphatic heterocycles. The van der Waals surface area contributed by atoms with Crippen LogP contribution >= 0.6 is 0 Å². The molecular formula is C20H23F3N4O5S. The largest absolute Gasteiger partial charge is 0.416 e. The molecule has 5 rings (SSSR count). The van der Waals surface area contributed by atoms with Crippen molar-refractivity contribution in [2.45, 2.75) is 35.5 Å². The van der Waals surface area contributed by atoms with Crippen molar-refractivity contribution in [3.05, 3.63) is 29.8 Å². The Bertz CT molecular complexity index is 1090. The molecule has 2 spiro atoms. The second-order valence-corrected chi connectivity index (χ2v) is 11.3. The molecule has 0 bridgehead atoms. The van der Waals surface area contributed by atoms with Gasteiger partial charge < -0.3 is 19.9 Å². The average molecular weight is 488 g/mol. The Kier molecular flexibility index (Phi) is 4.96. The number of urea groups is 1. The van der Waals surface area contributed by atoms with Crippen molar-refractivity contribution in [1.82, 2.24) is 19.8 Å². The lowest BCUT2D eigenvalue weighted by Gasteiger charge is -2.61. The molecule has 2 N–H and O–H groups in total. The van der Waals surface area contributed by atoms with Gasteiger partial charge in [0.2, 0.25) is 15.9 Å². The second kappa shape index (κ2) is 7.31. The van der Waals surface area contributed by atoms with Gasteiger partial charge in [0, 0.05) is 37.6 Å². The first-order chi connectivity index (χ1) is 15.4. The quantitative estimate of drug-likeness (QED) is 0.654. The molecule has 0 aromatic heterocycles. The zero-order valence-corrected chi connectivity index (χ0v) is 18.3. The maximum absolute atomic E-state index is 12.9. The maximum atomic E-state index is 12.9. The van der Waals surface area contributed by atoms with E-state index in [9.17, 15) is 31.2 Å². The third-order valence-corrected chi connectivity index (χ3v) is 8.27. The minimum atomic E-state index is -4.63. The van der Waals surface area contributed by atoms with E-state index in [4.69, 9.17) is 4.74 Å². The van der Waals surface area contributed by atoms with Crippen molar-refractivity contribution in [3.63, 3.8) is 0 Å². The van der Waals surface area contributed by atoms with E-state index in [1.165, 1.54) is 0 Å². The van der Waals surface area contributed by atoms with E-state index in [0.717, 1.165) is 18.2 Å². The van der Waals surface area contributed by atoms with Gasteiger partial charge in [-0.05, 0) is 31.0 Å².